The van der Waals surface area contributed by atoms with E-state index < -0.39 is 6.10 Å². The molecular formula is C15H20BrN3O2. The van der Waals surface area contributed by atoms with Gasteiger partial charge in [-0.3, -0.25) is 0 Å². The fourth-order valence-corrected chi connectivity index (χ4v) is 2.49. The summed E-state index contributed by atoms with van der Waals surface area (Å²) in [4.78, 5) is 4.21. The van der Waals surface area contributed by atoms with Crippen LogP contribution in [0, 0.1) is 6.92 Å². The first-order chi connectivity index (χ1) is 10.1. The summed E-state index contributed by atoms with van der Waals surface area (Å²) in [5.74, 6) is 1.67. The predicted octanol–water partition coefficient (Wildman–Crippen LogP) is 2.02. The molecule has 0 bridgehead atoms. The molecule has 2 aromatic rings. The fraction of sp³-hybridized carbons (Fsp3) is 0.400. The summed E-state index contributed by atoms with van der Waals surface area (Å²) >= 11 is 3.45. The van der Waals surface area contributed by atoms with Crippen molar-refractivity contribution >= 4 is 15.9 Å². The quantitative estimate of drug-likeness (QED) is 0.799. The Bertz CT molecular complexity index is 586. The topological polar surface area (TPSA) is 59.3 Å². The average Bonchev–Trinajstić information content (AvgIpc) is 2.83. The second-order valence-corrected chi connectivity index (χ2v) is 5.84. The van der Waals surface area contributed by atoms with E-state index in [0.29, 0.717) is 13.1 Å². The SMILES string of the molecule is Cc1ccc(OCC(O)CNCc2nccn2C)c(Br)c1. The Balaban J connectivity index is 1.72. The smallest absolute Gasteiger partial charge is 0.133 e. The molecule has 0 spiro atoms. The van der Waals surface area contributed by atoms with E-state index in [-0.39, 0.29) is 6.61 Å². The van der Waals surface area contributed by atoms with Crippen molar-refractivity contribution in [3.63, 3.8) is 0 Å². The Morgan fingerprint density at radius 2 is 2.29 bits per heavy atom. The standard InChI is InChI=1S/C15H20BrN3O2/c1-11-3-4-14(13(16)7-11)21-10-12(20)8-17-9-15-18-5-6-19(15)2/h3-7,12,17,20H,8-10H2,1-2H3. The normalized spacial score (nSPS) is 12.4. The summed E-state index contributed by atoms with van der Waals surface area (Å²) in [5, 5.41) is 13.1. The predicted molar refractivity (Wildman–Crippen MR) is 85.3 cm³/mol. The third kappa shape index (κ3) is 4.84. The van der Waals surface area contributed by atoms with E-state index in [4.69, 9.17) is 4.74 Å². The maximum atomic E-state index is 9.92. The van der Waals surface area contributed by atoms with Crippen LogP contribution in [0.15, 0.2) is 35.1 Å². The second kappa shape index (κ2) is 7.59. The number of nitrogens with zero attached hydrogens (tertiary/aromatic N) is 2. The van der Waals surface area contributed by atoms with Gasteiger partial charge in [0.25, 0.3) is 0 Å². The van der Waals surface area contributed by atoms with Crippen molar-refractivity contribution in [1.82, 2.24) is 14.9 Å². The van der Waals surface area contributed by atoms with E-state index >= 15 is 0 Å². The minimum atomic E-state index is -0.571. The van der Waals surface area contributed by atoms with Gasteiger partial charge in [-0.25, -0.2) is 4.98 Å². The molecule has 0 aliphatic carbocycles. The van der Waals surface area contributed by atoms with Crippen LogP contribution in [0.5, 0.6) is 5.75 Å². The Kier molecular flexibility index (Phi) is 5.78. The molecule has 114 valence electrons. The number of rotatable bonds is 7. The number of hydrogen-bond donors (Lipinski definition) is 2. The highest BCUT2D eigenvalue weighted by atomic mass is 79.9. The Morgan fingerprint density at radius 3 is 2.95 bits per heavy atom. The average molecular weight is 354 g/mol. The number of ether oxygens (including phenoxy) is 1. The van der Waals surface area contributed by atoms with E-state index in [1.165, 1.54) is 0 Å². The molecule has 0 aliphatic heterocycles. The minimum absolute atomic E-state index is 0.245. The molecule has 5 nitrogen and oxygen atoms in total. The van der Waals surface area contributed by atoms with Crippen LogP contribution in [-0.4, -0.2) is 33.9 Å². The van der Waals surface area contributed by atoms with Gasteiger partial charge in [0.1, 0.15) is 24.3 Å². The highest BCUT2D eigenvalue weighted by Crippen LogP contribution is 2.25. The van der Waals surface area contributed by atoms with Gasteiger partial charge >= 0.3 is 0 Å². The summed E-state index contributed by atoms with van der Waals surface area (Å²) in [6.07, 6.45) is 3.08. The zero-order valence-electron chi connectivity index (χ0n) is 12.2. The van der Waals surface area contributed by atoms with Crippen LogP contribution >= 0.6 is 15.9 Å². The molecule has 1 aromatic heterocycles. The molecule has 1 heterocycles. The van der Waals surface area contributed by atoms with Crippen molar-refractivity contribution in [3.05, 3.63) is 46.5 Å². The molecule has 1 atom stereocenters. The van der Waals surface area contributed by atoms with Gasteiger partial charge in [-0.05, 0) is 40.5 Å². The van der Waals surface area contributed by atoms with E-state index in [1.807, 2.05) is 42.9 Å². The molecule has 2 rings (SSSR count). The first kappa shape index (κ1) is 16.0. The van der Waals surface area contributed by atoms with Crippen LogP contribution < -0.4 is 10.1 Å². The Labute approximate surface area is 133 Å². The first-order valence-corrected chi connectivity index (χ1v) is 7.59. The van der Waals surface area contributed by atoms with E-state index in [1.54, 1.807) is 6.20 Å². The van der Waals surface area contributed by atoms with Crippen LogP contribution in [0.2, 0.25) is 0 Å². The van der Waals surface area contributed by atoms with Crippen LogP contribution in [0.25, 0.3) is 0 Å². The van der Waals surface area contributed by atoms with Crippen LogP contribution in [0.1, 0.15) is 11.4 Å². The van der Waals surface area contributed by atoms with Gasteiger partial charge in [-0.15, -0.1) is 0 Å². The molecule has 0 radical (unpaired) electrons. The molecule has 0 aliphatic rings. The molecule has 0 amide bonds. The van der Waals surface area contributed by atoms with Crippen molar-refractivity contribution in [2.75, 3.05) is 13.2 Å². The van der Waals surface area contributed by atoms with E-state index in [2.05, 4.69) is 26.2 Å². The third-order valence-corrected chi connectivity index (χ3v) is 3.72. The molecule has 21 heavy (non-hydrogen) atoms. The molecule has 1 unspecified atom stereocenters. The van der Waals surface area contributed by atoms with Gasteiger partial charge in [-0.2, -0.15) is 0 Å². The van der Waals surface area contributed by atoms with Crippen LogP contribution in [0.4, 0.5) is 0 Å². The number of hydrogen-bond acceptors (Lipinski definition) is 4. The maximum absolute atomic E-state index is 9.92. The lowest BCUT2D eigenvalue weighted by Gasteiger charge is -2.14. The molecule has 0 saturated heterocycles. The Morgan fingerprint density at radius 1 is 1.48 bits per heavy atom. The molecule has 6 heteroatoms. The van der Waals surface area contributed by atoms with Gasteiger partial charge in [0.2, 0.25) is 0 Å². The summed E-state index contributed by atoms with van der Waals surface area (Å²) in [5.41, 5.74) is 1.16. The molecular weight excluding hydrogens is 334 g/mol. The van der Waals surface area contributed by atoms with Gasteiger partial charge in [0.05, 0.1) is 11.0 Å². The number of aliphatic hydroxyl groups excluding tert-OH is 1. The second-order valence-electron chi connectivity index (χ2n) is 4.98. The summed E-state index contributed by atoms with van der Waals surface area (Å²) in [6.45, 7) is 3.34. The lowest BCUT2D eigenvalue weighted by molar-refractivity contribution is 0.105. The van der Waals surface area contributed by atoms with Crippen molar-refractivity contribution in [2.24, 2.45) is 7.05 Å². The summed E-state index contributed by atoms with van der Waals surface area (Å²) in [7, 11) is 1.94. The number of nitrogens with one attached hydrogen (secondary N) is 1. The molecule has 0 saturated carbocycles. The third-order valence-electron chi connectivity index (χ3n) is 3.10. The molecule has 1 aromatic carbocycles. The summed E-state index contributed by atoms with van der Waals surface area (Å²) in [6, 6.07) is 5.86. The lowest BCUT2D eigenvalue weighted by Crippen LogP contribution is -2.31. The number of aliphatic hydroxyl groups is 1. The van der Waals surface area contributed by atoms with E-state index in [0.717, 1.165) is 21.6 Å². The highest BCUT2D eigenvalue weighted by Gasteiger charge is 2.08. The van der Waals surface area contributed by atoms with Gasteiger partial charge in [0.15, 0.2) is 0 Å². The van der Waals surface area contributed by atoms with Gasteiger partial charge in [0, 0.05) is 26.0 Å². The number of benzene rings is 1. The minimum Gasteiger partial charge on any atom is -0.490 e. The monoisotopic (exact) mass is 353 g/mol. The van der Waals surface area contributed by atoms with E-state index in [9.17, 15) is 5.11 Å². The summed E-state index contributed by atoms with van der Waals surface area (Å²) < 4.78 is 8.45. The highest BCUT2D eigenvalue weighted by molar-refractivity contribution is 9.10. The number of halogens is 1. The fourth-order valence-electron chi connectivity index (χ4n) is 1.89. The molecule has 2 N–H and O–H groups in total. The molecule has 0 fully saturated rings. The maximum Gasteiger partial charge on any atom is 0.133 e. The zero-order chi connectivity index (χ0) is 15.2. The Hall–Kier alpha value is -1.37. The van der Waals surface area contributed by atoms with Gasteiger partial charge in [-0.1, -0.05) is 6.07 Å². The zero-order valence-corrected chi connectivity index (χ0v) is 13.8. The van der Waals surface area contributed by atoms with Crippen molar-refractivity contribution in [1.29, 1.82) is 0 Å². The first-order valence-electron chi connectivity index (χ1n) is 6.80. The van der Waals surface area contributed by atoms with Crippen molar-refractivity contribution < 1.29 is 9.84 Å². The van der Waals surface area contributed by atoms with Crippen molar-refractivity contribution in [3.8, 4) is 5.75 Å². The van der Waals surface area contributed by atoms with Gasteiger partial charge < -0.3 is 19.7 Å². The van der Waals surface area contributed by atoms with Crippen LogP contribution in [0.3, 0.4) is 0 Å². The lowest BCUT2D eigenvalue weighted by atomic mass is 10.2. The van der Waals surface area contributed by atoms with Crippen molar-refractivity contribution in [2.45, 2.75) is 19.6 Å². The largest absolute Gasteiger partial charge is 0.490 e. The number of imidazole rings is 1. The number of aryl methyl sites for hydroxylation is 2. The number of aromatic nitrogens is 2. The van der Waals surface area contributed by atoms with Crippen LogP contribution in [-0.2, 0) is 13.6 Å².